The van der Waals surface area contributed by atoms with Crippen LogP contribution in [-0.2, 0) is 19.6 Å². The highest BCUT2D eigenvalue weighted by atomic mass is 32.2. The molecule has 0 aliphatic carbocycles. The van der Waals surface area contributed by atoms with E-state index in [9.17, 15) is 18.0 Å². The van der Waals surface area contributed by atoms with Gasteiger partial charge in [0.15, 0.2) is 0 Å². The molecule has 7 nitrogen and oxygen atoms in total. The number of nitrogens with zero attached hydrogens (tertiary/aromatic N) is 1. The second-order valence-corrected chi connectivity index (χ2v) is 8.73. The molecule has 0 bridgehead atoms. The van der Waals surface area contributed by atoms with Crippen LogP contribution < -0.4 is 14.9 Å². The first kappa shape index (κ1) is 20.0. The van der Waals surface area contributed by atoms with Crippen molar-refractivity contribution in [2.45, 2.75) is 25.2 Å². The second kappa shape index (κ2) is 8.12. The zero-order chi connectivity index (χ0) is 20.3. The van der Waals surface area contributed by atoms with Crippen molar-refractivity contribution in [1.82, 2.24) is 4.72 Å². The normalized spacial score (nSPS) is 17.0. The van der Waals surface area contributed by atoms with Gasteiger partial charge in [-0.15, -0.1) is 0 Å². The van der Waals surface area contributed by atoms with Gasteiger partial charge >= 0.3 is 0 Å². The molecule has 28 heavy (non-hydrogen) atoms. The summed E-state index contributed by atoms with van der Waals surface area (Å²) in [5.41, 5.74) is 2.47. The number of carbonyl (C=O) groups excluding carboxylic acids is 2. The van der Waals surface area contributed by atoms with Gasteiger partial charge in [0.2, 0.25) is 21.8 Å². The van der Waals surface area contributed by atoms with Crippen molar-refractivity contribution in [1.29, 1.82) is 0 Å². The number of anilines is 2. The van der Waals surface area contributed by atoms with Crippen molar-refractivity contribution < 1.29 is 18.0 Å². The summed E-state index contributed by atoms with van der Waals surface area (Å²) in [5.74, 6) is -0.326. The van der Waals surface area contributed by atoms with E-state index < -0.39 is 10.0 Å². The second-order valence-electron chi connectivity index (χ2n) is 6.97. The Kier molecular flexibility index (Phi) is 5.81. The summed E-state index contributed by atoms with van der Waals surface area (Å²) in [6, 6.07) is 13.6. The molecule has 2 aromatic rings. The third-order valence-corrected chi connectivity index (χ3v) is 6.04. The summed E-state index contributed by atoms with van der Waals surface area (Å²) in [7, 11) is -3.69. The molecule has 1 atom stereocenters. The molecule has 8 heteroatoms. The maximum absolute atomic E-state index is 12.5. The number of amides is 2. The molecule has 2 aromatic carbocycles. The van der Waals surface area contributed by atoms with Crippen molar-refractivity contribution in [3.63, 3.8) is 0 Å². The predicted octanol–water partition coefficient (Wildman–Crippen LogP) is 2.28. The van der Waals surface area contributed by atoms with Crippen LogP contribution in [0.15, 0.2) is 53.4 Å². The van der Waals surface area contributed by atoms with E-state index in [4.69, 9.17) is 0 Å². The molecule has 2 amide bonds. The molecule has 1 aliphatic rings. The summed E-state index contributed by atoms with van der Waals surface area (Å²) in [5, 5.41) is 2.59. The Bertz CT molecular complexity index is 970. The summed E-state index contributed by atoms with van der Waals surface area (Å²) in [4.78, 5) is 25.2. The van der Waals surface area contributed by atoms with E-state index in [1.54, 1.807) is 4.90 Å². The first-order valence-electron chi connectivity index (χ1n) is 8.99. The van der Waals surface area contributed by atoms with Crippen LogP contribution >= 0.6 is 0 Å². The van der Waals surface area contributed by atoms with Gasteiger partial charge in [0, 0.05) is 37.8 Å². The van der Waals surface area contributed by atoms with Crippen molar-refractivity contribution in [3.8, 4) is 0 Å². The molecule has 2 N–H and O–H groups in total. The fraction of sp³-hybridized carbons (Fsp3) is 0.300. The Labute approximate surface area is 164 Å². The molecule has 1 aliphatic heterocycles. The highest BCUT2D eigenvalue weighted by molar-refractivity contribution is 7.89. The lowest BCUT2D eigenvalue weighted by molar-refractivity contribution is -0.117. The quantitative estimate of drug-likeness (QED) is 0.776. The molecule has 148 valence electrons. The Morgan fingerprint density at radius 1 is 1.11 bits per heavy atom. The summed E-state index contributed by atoms with van der Waals surface area (Å²) in [6.07, 6.45) is 0.303. The predicted molar refractivity (Wildman–Crippen MR) is 108 cm³/mol. The standard InChI is InChI=1S/C20H23N3O4S/c1-14-3-7-18(8-4-14)23-13-16(11-20(23)25)12-21-28(26,27)19-9-5-17(6-10-19)22-15(2)24/h3-10,16,21H,11-13H2,1-2H3,(H,22,24). The van der Waals surface area contributed by atoms with E-state index in [1.165, 1.54) is 31.2 Å². The highest BCUT2D eigenvalue weighted by Crippen LogP contribution is 2.25. The van der Waals surface area contributed by atoms with Crippen LogP contribution in [0.3, 0.4) is 0 Å². The lowest BCUT2D eigenvalue weighted by Crippen LogP contribution is -2.31. The number of rotatable bonds is 6. The van der Waals surface area contributed by atoms with E-state index in [0.29, 0.717) is 18.7 Å². The van der Waals surface area contributed by atoms with Gasteiger partial charge in [-0.1, -0.05) is 17.7 Å². The largest absolute Gasteiger partial charge is 0.326 e. The minimum absolute atomic E-state index is 0.00675. The lowest BCUT2D eigenvalue weighted by atomic mass is 10.1. The Morgan fingerprint density at radius 3 is 2.36 bits per heavy atom. The smallest absolute Gasteiger partial charge is 0.240 e. The van der Waals surface area contributed by atoms with Crippen LogP contribution in [0.2, 0.25) is 0 Å². The van der Waals surface area contributed by atoms with Crippen LogP contribution in [0.1, 0.15) is 18.9 Å². The van der Waals surface area contributed by atoms with Crippen molar-refractivity contribution >= 4 is 33.2 Å². The number of hydrogen-bond acceptors (Lipinski definition) is 4. The van der Waals surface area contributed by atoms with Crippen LogP contribution in [0, 0.1) is 12.8 Å². The van der Waals surface area contributed by atoms with Gasteiger partial charge in [-0.05, 0) is 49.2 Å². The SMILES string of the molecule is CC(=O)Nc1ccc(S(=O)(=O)NCC2CC(=O)N(c3ccc(C)cc3)C2)cc1. The summed E-state index contributed by atoms with van der Waals surface area (Å²) >= 11 is 0. The molecule has 0 aromatic heterocycles. The third kappa shape index (κ3) is 4.76. The zero-order valence-electron chi connectivity index (χ0n) is 15.8. The first-order chi connectivity index (χ1) is 13.2. The van der Waals surface area contributed by atoms with E-state index in [0.717, 1.165) is 11.3 Å². The first-order valence-corrected chi connectivity index (χ1v) is 10.5. The zero-order valence-corrected chi connectivity index (χ0v) is 16.6. The Balaban J connectivity index is 1.61. The van der Waals surface area contributed by atoms with Crippen molar-refractivity contribution in [2.24, 2.45) is 5.92 Å². The molecular formula is C20H23N3O4S. The van der Waals surface area contributed by atoms with Gasteiger partial charge in [0.1, 0.15) is 0 Å². The highest BCUT2D eigenvalue weighted by Gasteiger charge is 2.31. The van der Waals surface area contributed by atoms with Gasteiger partial charge in [0.25, 0.3) is 0 Å². The number of aryl methyl sites for hydroxylation is 1. The maximum atomic E-state index is 12.5. The number of hydrogen-bond donors (Lipinski definition) is 2. The minimum atomic E-state index is -3.69. The molecule has 1 heterocycles. The van der Waals surface area contributed by atoms with E-state index >= 15 is 0 Å². The van der Waals surface area contributed by atoms with Crippen molar-refractivity contribution in [3.05, 3.63) is 54.1 Å². The molecule has 0 radical (unpaired) electrons. The average molecular weight is 401 g/mol. The number of carbonyl (C=O) groups is 2. The van der Waals surface area contributed by atoms with Gasteiger partial charge in [-0.2, -0.15) is 0 Å². The minimum Gasteiger partial charge on any atom is -0.326 e. The third-order valence-electron chi connectivity index (χ3n) is 4.60. The van der Waals surface area contributed by atoms with Gasteiger partial charge in [-0.25, -0.2) is 13.1 Å². The lowest BCUT2D eigenvalue weighted by Gasteiger charge is -2.17. The van der Waals surface area contributed by atoms with Crippen LogP contribution in [-0.4, -0.2) is 33.3 Å². The van der Waals surface area contributed by atoms with Gasteiger partial charge in [0.05, 0.1) is 4.90 Å². The van der Waals surface area contributed by atoms with Crippen molar-refractivity contribution in [2.75, 3.05) is 23.3 Å². The number of benzene rings is 2. The molecule has 1 unspecified atom stereocenters. The van der Waals surface area contributed by atoms with Crippen LogP contribution in [0.25, 0.3) is 0 Å². The monoisotopic (exact) mass is 401 g/mol. The Hall–Kier alpha value is -2.71. The van der Waals surface area contributed by atoms with Crippen LogP contribution in [0.4, 0.5) is 11.4 Å². The fourth-order valence-corrected chi connectivity index (χ4v) is 4.24. The molecule has 0 saturated carbocycles. The maximum Gasteiger partial charge on any atom is 0.240 e. The fourth-order valence-electron chi connectivity index (χ4n) is 3.12. The van der Waals surface area contributed by atoms with Gasteiger partial charge in [-0.3, -0.25) is 9.59 Å². The number of sulfonamides is 1. The van der Waals surface area contributed by atoms with E-state index in [-0.39, 0.29) is 29.2 Å². The van der Waals surface area contributed by atoms with E-state index in [1.807, 2.05) is 31.2 Å². The summed E-state index contributed by atoms with van der Waals surface area (Å²) < 4.78 is 27.6. The topological polar surface area (TPSA) is 95.6 Å². The molecule has 3 rings (SSSR count). The Morgan fingerprint density at radius 2 is 1.75 bits per heavy atom. The average Bonchev–Trinajstić information content (AvgIpc) is 3.01. The molecule has 0 spiro atoms. The molecule has 1 fully saturated rings. The van der Waals surface area contributed by atoms with Crippen LogP contribution in [0.5, 0.6) is 0 Å². The molecular weight excluding hydrogens is 378 g/mol. The van der Waals surface area contributed by atoms with E-state index in [2.05, 4.69) is 10.0 Å². The number of nitrogens with one attached hydrogen (secondary N) is 2. The molecule has 1 saturated heterocycles. The van der Waals surface area contributed by atoms with Gasteiger partial charge < -0.3 is 10.2 Å². The summed E-state index contributed by atoms with van der Waals surface area (Å²) in [6.45, 7) is 4.03.